The number of allylic oxidation sites excluding steroid dienone is 1. The first-order chi connectivity index (χ1) is 12.8. The van der Waals surface area contributed by atoms with E-state index >= 15 is 0 Å². The number of nitrogens with zero attached hydrogens (tertiary/aromatic N) is 1. The van der Waals surface area contributed by atoms with Gasteiger partial charge >= 0.3 is 6.09 Å². The van der Waals surface area contributed by atoms with Crippen molar-refractivity contribution < 1.29 is 14.3 Å². The highest BCUT2D eigenvalue weighted by atomic mass is 16.6. The molecular weight excluding hydrogens is 326 g/mol. The second-order valence-corrected chi connectivity index (χ2v) is 6.05. The molecule has 0 atom stereocenters. The van der Waals surface area contributed by atoms with Crippen LogP contribution in [-0.4, -0.2) is 24.6 Å². The molecular formula is C22H23NO3. The van der Waals surface area contributed by atoms with Crippen LogP contribution in [0.5, 0.6) is 0 Å². The minimum absolute atomic E-state index is 0.258. The summed E-state index contributed by atoms with van der Waals surface area (Å²) in [4.78, 5) is 14.3. The van der Waals surface area contributed by atoms with Crippen LogP contribution in [0.25, 0.3) is 6.08 Å². The van der Waals surface area contributed by atoms with Gasteiger partial charge in [-0.25, -0.2) is 4.79 Å². The number of hydrogen-bond acceptors (Lipinski definition) is 3. The van der Waals surface area contributed by atoms with E-state index in [0.29, 0.717) is 12.3 Å². The third-order valence-corrected chi connectivity index (χ3v) is 4.21. The van der Waals surface area contributed by atoms with Crippen molar-refractivity contribution in [3.05, 3.63) is 89.3 Å². The van der Waals surface area contributed by atoms with Crippen molar-refractivity contribution in [1.82, 2.24) is 4.90 Å². The molecule has 1 aliphatic heterocycles. The van der Waals surface area contributed by atoms with E-state index in [1.165, 1.54) is 0 Å². The van der Waals surface area contributed by atoms with Crippen molar-refractivity contribution >= 4 is 12.2 Å². The second-order valence-electron chi connectivity index (χ2n) is 6.05. The van der Waals surface area contributed by atoms with E-state index in [1.807, 2.05) is 72.8 Å². The van der Waals surface area contributed by atoms with E-state index in [9.17, 15) is 4.79 Å². The zero-order valence-electron chi connectivity index (χ0n) is 14.9. The number of carbonyl (C=O) groups is 1. The number of carbonyl (C=O) groups excluding carboxylic acids is 1. The van der Waals surface area contributed by atoms with Gasteiger partial charge in [0.15, 0.2) is 0 Å². The topological polar surface area (TPSA) is 38.8 Å². The molecule has 0 saturated carbocycles. The van der Waals surface area contributed by atoms with Crippen molar-refractivity contribution in [2.45, 2.75) is 19.4 Å². The predicted molar refractivity (Wildman–Crippen MR) is 102 cm³/mol. The van der Waals surface area contributed by atoms with Gasteiger partial charge < -0.3 is 9.47 Å². The van der Waals surface area contributed by atoms with Gasteiger partial charge in [-0.05, 0) is 30.0 Å². The van der Waals surface area contributed by atoms with E-state index in [-0.39, 0.29) is 12.7 Å². The van der Waals surface area contributed by atoms with Gasteiger partial charge in [0.2, 0.25) is 0 Å². The van der Waals surface area contributed by atoms with E-state index in [0.717, 1.165) is 29.7 Å². The maximum atomic E-state index is 12.6. The summed E-state index contributed by atoms with van der Waals surface area (Å²) in [6.07, 6.45) is 5.44. The Morgan fingerprint density at radius 3 is 2.46 bits per heavy atom. The first-order valence-electron chi connectivity index (χ1n) is 8.77. The zero-order chi connectivity index (χ0) is 18.2. The van der Waals surface area contributed by atoms with Crippen molar-refractivity contribution in [1.29, 1.82) is 0 Å². The Kier molecular flexibility index (Phi) is 6.09. The summed E-state index contributed by atoms with van der Waals surface area (Å²) in [6, 6.07) is 19.6. The number of ether oxygens (including phenoxy) is 2. The smallest absolute Gasteiger partial charge is 0.414 e. The van der Waals surface area contributed by atoms with Crippen molar-refractivity contribution in [3.8, 4) is 0 Å². The van der Waals surface area contributed by atoms with Gasteiger partial charge in [0.1, 0.15) is 12.4 Å². The molecule has 0 aliphatic carbocycles. The molecule has 0 fully saturated rings. The summed E-state index contributed by atoms with van der Waals surface area (Å²) in [5, 5.41) is 0. The molecule has 0 spiro atoms. The molecule has 1 heterocycles. The molecule has 4 nitrogen and oxygen atoms in total. The predicted octanol–water partition coefficient (Wildman–Crippen LogP) is 4.99. The fourth-order valence-corrected chi connectivity index (χ4v) is 2.88. The maximum Gasteiger partial charge on any atom is 0.414 e. The summed E-state index contributed by atoms with van der Waals surface area (Å²) in [5.41, 5.74) is 2.75. The van der Waals surface area contributed by atoms with Crippen molar-refractivity contribution in [3.63, 3.8) is 0 Å². The average molecular weight is 349 g/mol. The third kappa shape index (κ3) is 4.54. The normalized spacial score (nSPS) is 14.6. The monoisotopic (exact) mass is 349 g/mol. The van der Waals surface area contributed by atoms with E-state index in [2.05, 4.69) is 0 Å². The molecule has 0 saturated heterocycles. The van der Waals surface area contributed by atoms with E-state index in [4.69, 9.17) is 9.47 Å². The molecule has 0 bridgehead atoms. The second kappa shape index (κ2) is 8.90. The lowest BCUT2D eigenvalue weighted by Gasteiger charge is -2.28. The number of rotatable bonds is 5. The Balaban J connectivity index is 1.75. The summed E-state index contributed by atoms with van der Waals surface area (Å²) >= 11 is 0. The summed E-state index contributed by atoms with van der Waals surface area (Å²) in [7, 11) is 1.62. The van der Waals surface area contributed by atoms with Crippen LogP contribution < -0.4 is 0 Å². The van der Waals surface area contributed by atoms with Crippen LogP contribution in [0.4, 0.5) is 4.79 Å². The quantitative estimate of drug-likeness (QED) is 0.714. The number of amides is 1. The Morgan fingerprint density at radius 1 is 1.08 bits per heavy atom. The number of hydrogen-bond donors (Lipinski definition) is 0. The molecule has 2 aromatic rings. The molecule has 2 aromatic carbocycles. The van der Waals surface area contributed by atoms with Crippen LogP contribution in [0, 0.1) is 0 Å². The Hall–Kier alpha value is -3.01. The lowest BCUT2D eigenvalue weighted by molar-refractivity contribution is 0.102. The van der Waals surface area contributed by atoms with E-state index in [1.54, 1.807) is 12.0 Å². The third-order valence-electron chi connectivity index (χ3n) is 4.21. The Labute approximate surface area is 154 Å². The number of methoxy groups -OCH3 is 1. The van der Waals surface area contributed by atoms with Gasteiger partial charge in [0.25, 0.3) is 0 Å². The highest BCUT2D eigenvalue weighted by Crippen LogP contribution is 2.25. The fourth-order valence-electron chi connectivity index (χ4n) is 2.88. The van der Waals surface area contributed by atoms with Crippen LogP contribution in [0.15, 0.2) is 78.2 Å². The van der Waals surface area contributed by atoms with Gasteiger partial charge in [-0.2, -0.15) is 0 Å². The molecule has 4 heteroatoms. The molecule has 0 aromatic heterocycles. The van der Waals surface area contributed by atoms with Gasteiger partial charge in [-0.3, -0.25) is 4.90 Å². The van der Waals surface area contributed by atoms with Crippen molar-refractivity contribution in [2.24, 2.45) is 0 Å². The molecule has 134 valence electrons. The minimum atomic E-state index is -0.351. The summed E-state index contributed by atoms with van der Waals surface area (Å²) in [5.74, 6) is 0.660. The van der Waals surface area contributed by atoms with Crippen LogP contribution in [0.1, 0.15) is 24.0 Å². The first kappa shape index (κ1) is 17.8. The van der Waals surface area contributed by atoms with Crippen LogP contribution in [0.3, 0.4) is 0 Å². The van der Waals surface area contributed by atoms with E-state index < -0.39 is 0 Å². The average Bonchev–Trinajstić information content (AvgIpc) is 2.72. The molecule has 1 amide bonds. The molecule has 0 unspecified atom stereocenters. The van der Waals surface area contributed by atoms with Crippen molar-refractivity contribution in [2.75, 3.05) is 13.7 Å². The van der Waals surface area contributed by atoms with Gasteiger partial charge in [0, 0.05) is 6.54 Å². The highest BCUT2D eigenvalue weighted by molar-refractivity contribution is 5.72. The Bertz CT molecular complexity index is 782. The van der Waals surface area contributed by atoms with Gasteiger partial charge in [-0.1, -0.05) is 66.7 Å². The largest absolute Gasteiger partial charge is 0.495 e. The highest BCUT2D eigenvalue weighted by Gasteiger charge is 2.25. The molecule has 1 aliphatic rings. The van der Waals surface area contributed by atoms with Crippen LogP contribution in [0.2, 0.25) is 0 Å². The van der Waals surface area contributed by atoms with Crippen LogP contribution in [-0.2, 0) is 16.1 Å². The first-order valence-corrected chi connectivity index (χ1v) is 8.77. The standard InChI is InChI=1S/C22H23NO3/c1-25-21(16-18-10-4-2-5-11-18)20-14-8-9-15-23(20)22(24)26-17-19-12-6-3-7-13-19/h2-7,10-14,16H,8-9,15,17H2,1H3/b21-16-. The summed E-state index contributed by atoms with van der Waals surface area (Å²) < 4.78 is 11.1. The Morgan fingerprint density at radius 2 is 1.77 bits per heavy atom. The van der Waals surface area contributed by atoms with Crippen LogP contribution >= 0.6 is 0 Å². The maximum absolute atomic E-state index is 12.6. The summed E-state index contributed by atoms with van der Waals surface area (Å²) in [6.45, 7) is 0.878. The SMILES string of the molecule is CO/C(=C\c1ccccc1)C1=CCCCN1C(=O)OCc1ccccc1. The fraction of sp³-hybridized carbons (Fsp3) is 0.227. The zero-order valence-corrected chi connectivity index (χ0v) is 14.9. The molecule has 0 N–H and O–H groups in total. The molecule has 3 rings (SSSR count). The lowest BCUT2D eigenvalue weighted by Crippen LogP contribution is -2.34. The molecule has 0 radical (unpaired) electrons. The molecule has 26 heavy (non-hydrogen) atoms. The number of benzene rings is 2. The van der Waals surface area contributed by atoms with Gasteiger partial charge in [0.05, 0.1) is 12.8 Å². The van der Waals surface area contributed by atoms with Gasteiger partial charge in [-0.15, -0.1) is 0 Å². The lowest BCUT2D eigenvalue weighted by atomic mass is 10.1. The minimum Gasteiger partial charge on any atom is -0.495 e.